The molecular weight excluding hydrogens is 283 g/mol. The predicted octanol–water partition coefficient (Wildman–Crippen LogP) is 1.73. The number of benzene rings is 2. The van der Waals surface area contributed by atoms with Gasteiger partial charge < -0.3 is 5.32 Å². The number of halogens is 1. The SMILES string of the molecule is NS(=O)(=O)c1cc(C(=O)Nc2ccccc2)ccc1F. The molecule has 20 heavy (non-hydrogen) atoms. The minimum absolute atomic E-state index is 0.000668. The Kier molecular flexibility index (Phi) is 3.82. The topological polar surface area (TPSA) is 89.3 Å². The maximum Gasteiger partial charge on any atom is 0.255 e. The first kappa shape index (κ1) is 14.2. The van der Waals surface area contributed by atoms with Crippen molar-refractivity contribution in [3.05, 3.63) is 59.9 Å². The molecule has 0 aliphatic heterocycles. The lowest BCUT2D eigenvalue weighted by molar-refractivity contribution is 0.102. The number of anilines is 1. The normalized spacial score (nSPS) is 11.1. The van der Waals surface area contributed by atoms with Gasteiger partial charge >= 0.3 is 0 Å². The molecule has 0 aliphatic carbocycles. The van der Waals surface area contributed by atoms with Crippen molar-refractivity contribution in [1.29, 1.82) is 0 Å². The lowest BCUT2D eigenvalue weighted by Crippen LogP contribution is -2.17. The third-order valence-electron chi connectivity index (χ3n) is 2.53. The predicted molar refractivity (Wildman–Crippen MR) is 72.2 cm³/mol. The van der Waals surface area contributed by atoms with Crippen molar-refractivity contribution in [1.82, 2.24) is 0 Å². The van der Waals surface area contributed by atoms with Crippen molar-refractivity contribution in [2.24, 2.45) is 5.14 Å². The monoisotopic (exact) mass is 294 g/mol. The summed E-state index contributed by atoms with van der Waals surface area (Å²) in [5.41, 5.74) is 0.540. The van der Waals surface area contributed by atoms with Gasteiger partial charge in [-0.15, -0.1) is 0 Å². The number of para-hydroxylation sites is 1. The van der Waals surface area contributed by atoms with Crippen LogP contribution in [0, 0.1) is 5.82 Å². The molecule has 0 radical (unpaired) electrons. The molecule has 0 aliphatic rings. The van der Waals surface area contributed by atoms with Gasteiger partial charge in [-0.05, 0) is 30.3 Å². The van der Waals surface area contributed by atoms with Crippen molar-refractivity contribution in [2.45, 2.75) is 4.90 Å². The van der Waals surface area contributed by atoms with Crippen LogP contribution in [0.4, 0.5) is 10.1 Å². The maximum absolute atomic E-state index is 13.4. The smallest absolute Gasteiger partial charge is 0.255 e. The maximum atomic E-state index is 13.4. The van der Waals surface area contributed by atoms with Gasteiger partial charge in [-0.2, -0.15) is 0 Å². The molecule has 0 atom stereocenters. The molecule has 7 heteroatoms. The summed E-state index contributed by atoms with van der Waals surface area (Å²) in [4.78, 5) is 11.2. The molecule has 0 heterocycles. The summed E-state index contributed by atoms with van der Waals surface area (Å²) in [6, 6.07) is 11.6. The van der Waals surface area contributed by atoms with E-state index in [9.17, 15) is 17.6 Å². The zero-order valence-electron chi connectivity index (χ0n) is 10.2. The van der Waals surface area contributed by atoms with E-state index >= 15 is 0 Å². The zero-order chi connectivity index (χ0) is 14.8. The third-order valence-corrected chi connectivity index (χ3v) is 3.46. The van der Waals surface area contributed by atoms with Crippen LogP contribution in [-0.4, -0.2) is 14.3 Å². The number of carbonyl (C=O) groups is 1. The van der Waals surface area contributed by atoms with Gasteiger partial charge in [0.05, 0.1) is 0 Å². The molecule has 104 valence electrons. The summed E-state index contributed by atoms with van der Waals surface area (Å²) >= 11 is 0. The first-order valence-corrected chi connectivity index (χ1v) is 7.11. The Morgan fingerprint density at radius 1 is 1.10 bits per heavy atom. The minimum Gasteiger partial charge on any atom is -0.322 e. The number of hydrogen-bond acceptors (Lipinski definition) is 3. The molecule has 0 fully saturated rings. The second-order valence-corrected chi connectivity index (χ2v) is 5.54. The van der Waals surface area contributed by atoms with Crippen LogP contribution in [0.5, 0.6) is 0 Å². The van der Waals surface area contributed by atoms with E-state index in [2.05, 4.69) is 5.32 Å². The minimum atomic E-state index is -4.22. The summed E-state index contributed by atoms with van der Waals surface area (Å²) in [7, 11) is -4.22. The molecule has 0 spiro atoms. The number of sulfonamides is 1. The van der Waals surface area contributed by atoms with Crippen molar-refractivity contribution in [3.8, 4) is 0 Å². The van der Waals surface area contributed by atoms with Crippen LogP contribution in [0.15, 0.2) is 53.4 Å². The summed E-state index contributed by atoms with van der Waals surface area (Å²) in [5.74, 6) is -1.55. The van der Waals surface area contributed by atoms with E-state index in [0.717, 1.165) is 12.1 Å². The van der Waals surface area contributed by atoms with Gasteiger partial charge in [0.25, 0.3) is 5.91 Å². The Morgan fingerprint density at radius 3 is 2.35 bits per heavy atom. The van der Waals surface area contributed by atoms with Gasteiger partial charge in [0.1, 0.15) is 10.7 Å². The van der Waals surface area contributed by atoms with Crippen LogP contribution in [-0.2, 0) is 10.0 Å². The number of primary sulfonamides is 1. The molecule has 1 amide bonds. The number of hydrogen-bond donors (Lipinski definition) is 2. The van der Waals surface area contributed by atoms with E-state index in [0.29, 0.717) is 5.69 Å². The first-order valence-electron chi connectivity index (χ1n) is 5.56. The molecule has 0 saturated carbocycles. The summed E-state index contributed by atoms with van der Waals surface area (Å²) in [6.07, 6.45) is 0. The first-order chi connectivity index (χ1) is 9.38. The number of amides is 1. The van der Waals surface area contributed by atoms with E-state index < -0.39 is 26.6 Å². The molecule has 0 unspecified atom stereocenters. The van der Waals surface area contributed by atoms with Gasteiger partial charge in [-0.25, -0.2) is 17.9 Å². The van der Waals surface area contributed by atoms with Crippen LogP contribution >= 0.6 is 0 Å². The van der Waals surface area contributed by atoms with Crippen LogP contribution in [0.2, 0.25) is 0 Å². The standard InChI is InChI=1S/C13H11FN2O3S/c14-11-7-6-9(8-12(11)20(15,18)19)13(17)16-10-4-2-1-3-5-10/h1-8H,(H,16,17)(H2,15,18,19). The largest absolute Gasteiger partial charge is 0.322 e. The summed E-state index contributed by atoms with van der Waals surface area (Å²) in [6.45, 7) is 0. The van der Waals surface area contributed by atoms with Crippen LogP contribution in [0.25, 0.3) is 0 Å². The number of rotatable bonds is 3. The fourth-order valence-electron chi connectivity index (χ4n) is 1.59. The van der Waals surface area contributed by atoms with E-state index in [4.69, 9.17) is 5.14 Å². The molecule has 2 aromatic carbocycles. The fraction of sp³-hybridized carbons (Fsp3) is 0. The average molecular weight is 294 g/mol. The summed E-state index contributed by atoms with van der Waals surface area (Å²) < 4.78 is 35.8. The van der Waals surface area contributed by atoms with Gasteiger partial charge in [0, 0.05) is 11.3 Å². The average Bonchev–Trinajstić information content (AvgIpc) is 2.39. The Hall–Kier alpha value is -2.25. The molecule has 3 N–H and O–H groups in total. The van der Waals surface area contributed by atoms with E-state index in [1.807, 2.05) is 0 Å². The Labute approximate surface area is 115 Å². The van der Waals surface area contributed by atoms with Crippen LogP contribution in [0.1, 0.15) is 10.4 Å². The fourth-order valence-corrected chi connectivity index (χ4v) is 2.22. The highest BCUT2D eigenvalue weighted by Crippen LogP contribution is 2.16. The number of carbonyl (C=O) groups excluding carboxylic acids is 1. The molecule has 2 rings (SSSR count). The second-order valence-electron chi connectivity index (χ2n) is 4.01. The lowest BCUT2D eigenvalue weighted by atomic mass is 10.2. The molecule has 5 nitrogen and oxygen atoms in total. The Morgan fingerprint density at radius 2 is 1.75 bits per heavy atom. The zero-order valence-corrected chi connectivity index (χ0v) is 11.0. The van der Waals surface area contributed by atoms with Crippen LogP contribution < -0.4 is 10.5 Å². The van der Waals surface area contributed by atoms with Crippen molar-refractivity contribution >= 4 is 21.6 Å². The van der Waals surface area contributed by atoms with Crippen molar-refractivity contribution in [2.75, 3.05) is 5.32 Å². The highest BCUT2D eigenvalue weighted by atomic mass is 32.2. The third kappa shape index (κ3) is 3.19. The Bertz CT molecular complexity index is 745. The number of nitrogens with two attached hydrogens (primary N) is 1. The second kappa shape index (κ2) is 5.40. The van der Waals surface area contributed by atoms with E-state index in [1.54, 1.807) is 30.3 Å². The molecule has 2 aromatic rings. The number of nitrogens with one attached hydrogen (secondary N) is 1. The van der Waals surface area contributed by atoms with Gasteiger partial charge in [-0.3, -0.25) is 4.79 Å². The molecule has 0 aromatic heterocycles. The lowest BCUT2D eigenvalue weighted by Gasteiger charge is -2.07. The highest BCUT2D eigenvalue weighted by Gasteiger charge is 2.17. The van der Waals surface area contributed by atoms with Crippen molar-refractivity contribution < 1.29 is 17.6 Å². The highest BCUT2D eigenvalue weighted by molar-refractivity contribution is 7.89. The van der Waals surface area contributed by atoms with Gasteiger partial charge in [0.2, 0.25) is 10.0 Å². The van der Waals surface area contributed by atoms with Gasteiger partial charge in [-0.1, -0.05) is 18.2 Å². The van der Waals surface area contributed by atoms with Crippen LogP contribution in [0.3, 0.4) is 0 Å². The van der Waals surface area contributed by atoms with Crippen molar-refractivity contribution in [3.63, 3.8) is 0 Å². The molecule has 0 saturated heterocycles. The Balaban J connectivity index is 2.32. The van der Waals surface area contributed by atoms with Gasteiger partial charge in [0.15, 0.2) is 0 Å². The quantitative estimate of drug-likeness (QED) is 0.903. The van der Waals surface area contributed by atoms with E-state index in [-0.39, 0.29) is 5.56 Å². The molecular formula is C13H11FN2O3S. The van der Waals surface area contributed by atoms with E-state index in [1.165, 1.54) is 6.07 Å². The molecule has 0 bridgehead atoms. The summed E-state index contributed by atoms with van der Waals surface area (Å²) in [5, 5.41) is 7.44.